The van der Waals surface area contributed by atoms with E-state index in [0.29, 0.717) is 11.1 Å². The summed E-state index contributed by atoms with van der Waals surface area (Å²) < 4.78 is 10.1. The second kappa shape index (κ2) is 6.09. The molecule has 0 aliphatic heterocycles. The molecule has 110 valence electrons. The van der Waals surface area contributed by atoms with Crippen LogP contribution in [0.3, 0.4) is 0 Å². The Kier molecular flexibility index (Phi) is 4.24. The van der Waals surface area contributed by atoms with Gasteiger partial charge in [-0.05, 0) is 13.0 Å². The second-order valence-electron chi connectivity index (χ2n) is 4.09. The highest BCUT2D eigenvalue weighted by Crippen LogP contribution is 2.28. The summed E-state index contributed by atoms with van der Waals surface area (Å²) in [4.78, 5) is 20.7. The lowest BCUT2D eigenvalue weighted by Crippen LogP contribution is -2.06. The molecule has 0 saturated heterocycles. The molecule has 2 aromatic rings. The van der Waals surface area contributed by atoms with Gasteiger partial charge in [-0.2, -0.15) is 0 Å². The van der Waals surface area contributed by atoms with Crippen molar-refractivity contribution in [3.05, 3.63) is 39.8 Å². The van der Waals surface area contributed by atoms with Crippen LogP contribution in [0.2, 0.25) is 0 Å². The number of rotatable bonds is 6. The molecule has 0 aliphatic rings. The lowest BCUT2D eigenvalue weighted by Gasteiger charge is -2.01. The van der Waals surface area contributed by atoms with Crippen LogP contribution in [-0.2, 0) is 16.1 Å². The Hall–Kier alpha value is -2.81. The van der Waals surface area contributed by atoms with Crippen LogP contribution in [0.5, 0.6) is 0 Å². The van der Waals surface area contributed by atoms with E-state index >= 15 is 0 Å². The number of aromatic nitrogens is 2. The van der Waals surface area contributed by atoms with Gasteiger partial charge in [-0.1, -0.05) is 6.07 Å². The van der Waals surface area contributed by atoms with E-state index in [9.17, 15) is 14.9 Å². The predicted molar refractivity (Wildman–Crippen MR) is 68.4 cm³/mol. The maximum atomic E-state index is 10.9. The zero-order valence-electron chi connectivity index (χ0n) is 11.0. The smallest absolute Gasteiger partial charge is 0.329 e. The van der Waals surface area contributed by atoms with Crippen LogP contribution in [0.15, 0.2) is 22.6 Å². The molecule has 0 spiro atoms. The Labute approximate surface area is 118 Å². The van der Waals surface area contributed by atoms with Gasteiger partial charge in [0.05, 0.1) is 4.92 Å². The summed E-state index contributed by atoms with van der Waals surface area (Å²) in [6.07, 6.45) is 0. The van der Waals surface area contributed by atoms with E-state index in [2.05, 4.69) is 10.2 Å². The molecule has 1 aromatic heterocycles. The zero-order valence-corrected chi connectivity index (χ0v) is 11.0. The molecule has 2 rings (SSSR count). The molecule has 0 bridgehead atoms. The standard InChI is InChI=1S/C12H11N3O6/c1-7-8(3-2-4-9(7)15(18)19)12-14-13-10(21-12)5-20-6-11(16)17/h2-4H,5-6H2,1H3,(H,16,17). The Morgan fingerprint density at radius 3 is 2.90 bits per heavy atom. The van der Waals surface area contributed by atoms with Crippen molar-refractivity contribution in [2.45, 2.75) is 13.5 Å². The molecule has 0 fully saturated rings. The molecule has 1 heterocycles. The lowest BCUT2D eigenvalue weighted by molar-refractivity contribution is -0.385. The van der Waals surface area contributed by atoms with E-state index in [1.54, 1.807) is 13.0 Å². The quantitative estimate of drug-likeness (QED) is 0.627. The average molecular weight is 293 g/mol. The molecular weight excluding hydrogens is 282 g/mol. The summed E-state index contributed by atoms with van der Waals surface area (Å²) >= 11 is 0. The van der Waals surface area contributed by atoms with E-state index in [-0.39, 0.29) is 24.1 Å². The number of carboxylic acids is 1. The van der Waals surface area contributed by atoms with E-state index < -0.39 is 17.5 Å². The maximum absolute atomic E-state index is 10.9. The van der Waals surface area contributed by atoms with Crippen molar-refractivity contribution in [3.8, 4) is 11.5 Å². The molecule has 0 saturated carbocycles. The van der Waals surface area contributed by atoms with Gasteiger partial charge in [0.25, 0.3) is 5.69 Å². The minimum atomic E-state index is -1.11. The Balaban J connectivity index is 2.20. The molecule has 9 heteroatoms. The Bertz CT molecular complexity index is 681. The van der Waals surface area contributed by atoms with Crippen LogP contribution < -0.4 is 0 Å². The van der Waals surface area contributed by atoms with Crippen molar-refractivity contribution in [2.24, 2.45) is 0 Å². The van der Waals surface area contributed by atoms with Crippen LogP contribution in [0.4, 0.5) is 5.69 Å². The highest BCUT2D eigenvalue weighted by atomic mass is 16.6. The largest absolute Gasteiger partial charge is 0.480 e. The fourth-order valence-corrected chi connectivity index (χ4v) is 1.70. The number of benzene rings is 1. The molecule has 0 atom stereocenters. The van der Waals surface area contributed by atoms with Gasteiger partial charge in [-0.25, -0.2) is 4.79 Å². The third-order valence-electron chi connectivity index (χ3n) is 2.65. The van der Waals surface area contributed by atoms with E-state index in [4.69, 9.17) is 14.3 Å². The summed E-state index contributed by atoms with van der Waals surface area (Å²) in [5.41, 5.74) is 0.805. The minimum absolute atomic E-state index is 0.0469. The lowest BCUT2D eigenvalue weighted by atomic mass is 10.1. The minimum Gasteiger partial charge on any atom is -0.480 e. The molecule has 0 unspecified atom stereocenters. The summed E-state index contributed by atoms with van der Waals surface area (Å²) in [6.45, 7) is 0.957. The predicted octanol–water partition coefficient (Wildman–Crippen LogP) is 1.55. The third kappa shape index (κ3) is 3.39. The van der Waals surface area contributed by atoms with Crippen LogP contribution >= 0.6 is 0 Å². The highest BCUT2D eigenvalue weighted by Gasteiger charge is 2.18. The monoisotopic (exact) mass is 293 g/mol. The molecule has 9 nitrogen and oxygen atoms in total. The molecular formula is C12H11N3O6. The van der Waals surface area contributed by atoms with Crippen molar-refractivity contribution in [1.82, 2.24) is 10.2 Å². The van der Waals surface area contributed by atoms with Gasteiger partial charge >= 0.3 is 5.97 Å². The van der Waals surface area contributed by atoms with E-state index in [0.717, 1.165) is 0 Å². The zero-order chi connectivity index (χ0) is 15.4. The first kappa shape index (κ1) is 14.6. The molecule has 0 aliphatic carbocycles. The highest BCUT2D eigenvalue weighted by molar-refractivity contribution is 5.68. The number of aliphatic carboxylic acids is 1. The second-order valence-corrected chi connectivity index (χ2v) is 4.09. The van der Waals surface area contributed by atoms with Gasteiger partial charge in [0, 0.05) is 17.2 Å². The van der Waals surface area contributed by atoms with Gasteiger partial charge in [0.2, 0.25) is 11.8 Å². The summed E-state index contributed by atoms with van der Waals surface area (Å²) in [5, 5.41) is 26.8. The maximum Gasteiger partial charge on any atom is 0.329 e. The van der Waals surface area contributed by atoms with Crippen LogP contribution in [0.1, 0.15) is 11.5 Å². The van der Waals surface area contributed by atoms with Gasteiger partial charge < -0.3 is 14.3 Å². The van der Waals surface area contributed by atoms with Crippen molar-refractivity contribution in [3.63, 3.8) is 0 Å². The fraction of sp³-hybridized carbons (Fsp3) is 0.250. The summed E-state index contributed by atoms with van der Waals surface area (Å²) in [7, 11) is 0. The van der Waals surface area contributed by atoms with Crippen molar-refractivity contribution in [2.75, 3.05) is 6.61 Å². The van der Waals surface area contributed by atoms with Gasteiger partial charge in [0.15, 0.2) is 0 Å². The molecule has 1 aromatic carbocycles. The normalized spacial score (nSPS) is 10.5. The Morgan fingerprint density at radius 2 is 2.24 bits per heavy atom. The number of carbonyl (C=O) groups is 1. The summed E-state index contributed by atoms with van der Waals surface area (Å²) in [5.74, 6) is -0.897. The number of carboxylic acid groups (broad SMARTS) is 1. The van der Waals surface area contributed by atoms with Crippen LogP contribution in [0, 0.1) is 17.0 Å². The van der Waals surface area contributed by atoms with Crippen LogP contribution in [0.25, 0.3) is 11.5 Å². The van der Waals surface area contributed by atoms with Crippen LogP contribution in [-0.4, -0.2) is 32.8 Å². The molecule has 1 N–H and O–H groups in total. The van der Waals surface area contributed by atoms with Crippen molar-refractivity contribution >= 4 is 11.7 Å². The molecule has 0 amide bonds. The van der Waals surface area contributed by atoms with Gasteiger partial charge in [-0.15, -0.1) is 10.2 Å². The van der Waals surface area contributed by atoms with Gasteiger partial charge in [0.1, 0.15) is 13.2 Å². The number of nitro benzene ring substituents is 1. The number of hydrogen-bond donors (Lipinski definition) is 1. The number of ether oxygens (including phenoxy) is 1. The average Bonchev–Trinajstić information content (AvgIpc) is 2.86. The summed E-state index contributed by atoms with van der Waals surface area (Å²) in [6, 6.07) is 4.52. The van der Waals surface area contributed by atoms with Crippen molar-refractivity contribution in [1.29, 1.82) is 0 Å². The van der Waals surface area contributed by atoms with E-state index in [1.807, 2.05) is 0 Å². The fourth-order valence-electron chi connectivity index (χ4n) is 1.70. The number of nitrogens with zero attached hydrogens (tertiary/aromatic N) is 3. The Morgan fingerprint density at radius 1 is 1.48 bits per heavy atom. The third-order valence-corrected chi connectivity index (χ3v) is 2.65. The van der Waals surface area contributed by atoms with E-state index in [1.165, 1.54) is 12.1 Å². The number of nitro groups is 1. The molecule has 0 radical (unpaired) electrons. The van der Waals surface area contributed by atoms with Crippen molar-refractivity contribution < 1.29 is 24.0 Å². The first-order valence-electron chi connectivity index (χ1n) is 5.85. The first-order chi connectivity index (χ1) is 9.99. The first-order valence-corrected chi connectivity index (χ1v) is 5.85. The number of hydrogen-bond acceptors (Lipinski definition) is 7. The van der Waals surface area contributed by atoms with Gasteiger partial charge in [-0.3, -0.25) is 10.1 Å². The topological polar surface area (TPSA) is 129 Å². The molecule has 21 heavy (non-hydrogen) atoms. The SMILES string of the molecule is Cc1c(-c2nnc(COCC(=O)O)o2)cccc1[N+](=O)[O-].